The summed E-state index contributed by atoms with van der Waals surface area (Å²) >= 11 is 6.02. The van der Waals surface area contributed by atoms with E-state index in [0.29, 0.717) is 10.7 Å². The van der Waals surface area contributed by atoms with Gasteiger partial charge < -0.3 is 10.4 Å². The molecule has 0 saturated heterocycles. The molecule has 0 aliphatic rings. The van der Waals surface area contributed by atoms with Crippen molar-refractivity contribution in [2.75, 3.05) is 5.32 Å². The summed E-state index contributed by atoms with van der Waals surface area (Å²) in [4.78, 5) is 14.6. The first kappa shape index (κ1) is 12.4. The number of rotatable bonds is 3. The first-order valence-corrected chi connectivity index (χ1v) is 5.67. The third kappa shape index (κ3) is 2.60. The van der Waals surface area contributed by atoms with Crippen LogP contribution in [0.5, 0.6) is 0 Å². The van der Waals surface area contributed by atoms with Crippen LogP contribution in [0.15, 0.2) is 36.5 Å². The van der Waals surface area contributed by atoms with Gasteiger partial charge >= 0.3 is 5.97 Å². The van der Waals surface area contributed by atoms with Crippen molar-refractivity contribution in [3.63, 3.8) is 0 Å². The van der Waals surface area contributed by atoms with Gasteiger partial charge in [0.1, 0.15) is 5.69 Å². The summed E-state index contributed by atoms with van der Waals surface area (Å²) in [6, 6.07) is 8.69. The van der Waals surface area contributed by atoms with E-state index in [1.165, 1.54) is 12.3 Å². The Morgan fingerprint density at radius 2 is 2.17 bits per heavy atom. The topological polar surface area (TPSA) is 62.2 Å². The van der Waals surface area contributed by atoms with Crippen molar-refractivity contribution in [2.24, 2.45) is 0 Å². The molecule has 2 aromatic rings. The number of nitrogens with zero attached hydrogens (tertiary/aromatic N) is 1. The van der Waals surface area contributed by atoms with Crippen molar-refractivity contribution in [3.8, 4) is 0 Å². The van der Waals surface area contributed by atoms with Crippen LogP contribution in [0.3, 0.4) is 0 Å². The van der Waals surface area contributed by atoms with Gasteiger partial charge in [-0.15, -0.1) is 0 Å². The number of halogens is 1. The fourth-order valence-electron chi connectivity index (χ4n) is 1.52. The molecule has 4 nitrogen and oxygen atoms in total. The van der Waals surface area contributed by atoms with E-state index < -0.39 is 5.97 Å². The van der Waals surface area contributed by atoms with Gasteiger partial charge in [-0.2, -0.15) is 0 Å². The molecule has 0 aliphatic carbocycles. The lowest BCUT2D eigenvalue weighted by Crippen LogP contribution is -2.01. The van der Waals surface area contributed by atoms with Crippen LogP contribution < -0.4 is 5.32 Å². The van der Waals surface area contributed by atoms with Crippen LogP contribution in [-0.2, 0) is 0 Å². The summed E-state index contributed by atoms with van der Waals surface area (Å²) in [6.45, 7) is 1.89. The van der Waals surface area contributed by atoms with E-state index in [-0.39, 0.29) is 5.69 Å². The zero-order valence-corrected chi connectivity index (χ0v) is 10.4. The number of carboxylic acid groups (broad SMARTS) is 1. The number of carboxylic acids is 1. The molecule has 0 spiro atoms. The predicted molar refractivity (Wildman–Crippen MR) is 70.7 cm³/mol. The molecule has 1 aromatic carbocycles. The van der Waals surface area contributed by atoms with E-state index in [9.17, 15) is 4.79 Å². The van der Waals surface area contributed by atoms with Gasteiger partial charge in [-0.1, -0.05) is 17.7 Å². The number of pyridine rings is 1. The Morgan fingerprint density at radius 3 is 2.89 bits per heavy atom. The molecule has 18 heavy (non-hydrogen) atoms. The number of anilines is 2. The van der Waals surface area contributed by atoms with E-state index in [0.717, 1.165) is 11.3 Å². The minimum atomic E-state index is -1.05. The van der Waals surface area contributed by atoms with Crippen molar-refractivity contribution in [1.29, 1.82) is 0 Å². The minimum Gasteiger partial charge on any atom is -0.477 e. The normalized spacial score (nSPS) is 10.1. The molecule has 0 amide bonds. The van der Waals surface area contributed by atoms with E-state index in [1.807, 2.05) is 19.1 Å². The molecule has 0 aliphatic heterocycles. The molecule has 0 unspecified atom stereocenters. The van der Waals surface area contributed by atoms with E-state index in [4.69, 9.17) is 16.7 Å². The second-order valence-corrected chi connectivity index (χ2v) is 4.18. The van der Waals surface area contributed by atoms with Crippen LogP contribution in [-0.4, -0.2) is 16.1 Å². The number of nitrogens with one attached hydrogen (secondary N) is 1. The summed E-state index contributed by atoms with van der Waals surface area (Å²) < 4.78 is 0. The maximum absolute atomic E-state index is 10.8. The van der Waals surface area contributed by atoms with E-state index in [2.05, 4.69) is 10.3 Å². The molecule has 92 valence electrons. The largest absolute Gasteiger partial charge is 0.477 e. The zero-order valence-electron chi connectivity index (χ0n) is 9.64. The van der Waals surface area contributed by atoms with Crippen LogP contribution in [0.25, 0.3) is 0 Å². The minimum absolute atomic E-state index is 0.000295. The van der Waals surface area contributed by atoms with Crippen LogP contribution in [0.4, 0.5) is 11.4 Å². The van der Waals surface area contributed by atoms with Gasteiger partial charge in [0.25, 0.3) is 0 Å². The highest BCUT2D eigenvalue weighted by molar-refractivity contribution is 6.31. The lowest BCUT2D eigenvalue weighted by atomic mass is 10.2. The maximum Gasteiger partial charge on any atom is 0.354 e. The van der Waals surface area contributed by atoms with Crippen molar-refractivity contribution >= 4 is 28.9 Å². The number of carbonyl (C=O) groups is 1. The van der Waals surface area contributed by atoms with Crippen LogP contribution in [0.2, 0.25) is 5.02 Å². The number of aromatic nitrogens is 1. The molecule has 0 fully saturated rings. The van der Waals surface area contributed by atoms with E-state index in [1.54, 1.807) is 12.1 Å². The molecule has 0 bridgehead atoms. The molecule has 0 atom stereocenters. The third-order valence-electron chi connectivity index (χ3n) is 2.53. The molecule has 5 heteroatoms. The van der Waals surface area contributed by atoms with E-state index >= 15 is 0 Å². The second-order valence-electron chi connectivity index (χ2n) is 3.77. The van der Waals surface area contributed by atoms with Gasteiger partial charge in [-0.05, 0) is 36.8 Å². The molecule has 0 radical (unpaired) electrons. The average Bonchev–Trinajstić information content (AvgIpc) is 2.35. The summed E-state index contributed by atoms with van der Waals surface area (Å²) in [5, 5.41) is 12.6. The molecule has 0 saturated carbocycles. The lowest BCUT2D eigenvalue weighted by Gasteiger charge is -2.10. The quantitative estimate of drug-likeness (QED) is 0.889. The summed E-state index contributed by atoms with van der Waals surface area (Å²) in [6.07, 6.45) is 1.45. The van der Waals surface area contributed by atoms with Crippen LogP contribution in [0, 0.1) is 6.92 Å². The highest BCUT2D eigenvalue weighted by Gasteiger charge is 2.06. The Kier molecular flexibility index (Phi) is 3.48. The second kappa shape index (κ2) is 5.06. The molecule has 2 rings (SSSR count). The number of hydrogen-bond acceptors (Lipinski definition) is 3. The van der Waals surface area contributed by atoms with Gasteiger partial charge in [0.05, 0.1) is 0 Å². The van der Waals surface area contributed by atoms with Crippen molar-refractivity contribution in [1.82, 2.24) is 4.98 Å². The Hall–Kier alpha value is -2.07. The Labute approximate surface area is 109 Å². The highest BCUT2D eigenvalue weighted by atomic mass is 35.5. The van der Waals surface area contributed by atoms with Gasteiger partial charge in [-0.3, -0.25) is 0 Å². The Morgan fingerprint density at radius 1 is 1.39 bits per heavy atom. The molecule has 1 aromatic heterocycles. The lowest BCUT2D eigenvalue weighted by molar-refractivity contribution is 0.0690. The van der Waals surface area contributed by atoms with Crippen molar-refractivity contribution in [3.05, 3.63) is 52.8 Å². The van der Waals surface area contributed by atoms with Crippen LogP contribution in [0.1, 0.15) is 16.1 Å². The molecule has 2 N–H and O–H groups in total. The Bertz CT molecular complexity index is 599. The van der Waals surface area contributed by atoms with Gasteiger partial charge in [-0.25, -0.2) is 9.78 Å². The monoisotopic (exact) mass is 262 g/mol. The summed E-state index contributed by atoms with van der Waals surface area (Å²) in [5.74, 6) is -1.05. The smallest absolute Gasteiger partial charge is 0.354 e. The first-order chi connectivity index (χ1) is 8.58. The van der Waals surface area contributed by atoms with Crippen molar-refractivity contribution in [2.45, 2.75) is 6.92 Å². The summed E-state index contributed by atoms with van der Waals surface area (Å²) in [5.41, 5.74) is 2.41. The molecular formula is C13H11ClN2O2. The van der Waals surface area contributed by atoms with Gasteiger partial charge in [0.2, 0.25) is 0 Å². The average molecular weight is 263 g/mol. The highest BCUT2D eigenvalue weighted by Crippen LogP contribution is 2.26. The number of aromatic carboxylic acids is 1. The van der Waals surface area contributed by atoms with Crippen molar-refractivity contribution < 1.29 is 9.90 Å². The third-order valence-corrected chi connectivity index (χ3v) is 2.94. The Balaban J connectivity index is 2.31. The van der Waals surface area contributed by atoms with Gasteiger partial charge in [0, 0.05) is 22.6 Å². The standard InChI is InChI=1S/C13H11ClN2O2/c1-8-10(14)3-2-4-11(8)16-9-5-6-15-12(7-9)13(17)18/h2-7H,1H3,(H,15,16)(H,17,18). The maximum atomic E-state index is 10.8. The zero-order chi connectivity index (χ0) is 13.1. The predicted octanol–water partition coefficient (Wildman–Crippen LogP) is 3.49. The molecular weight excluding hydrogens is 252 g/mol. The summed E-state index contributed by atoms with van der Waals surface area (Å²) in [7, 11) is 0. The fraction of sp³-hybridized carbons (Fsp3) is 0.0769. The van der Waals surface area contributed by atoms with Crippen LogP contribution >= 0.6 is 11.6 Å². The fourth-order valence-corrected chi connectivity index (χ4v) is 1.70. The SMILES string of the molecule is Cc1c(Cl)cccc1Nc1ccnc(C(=O)O)c1. The number of benzene rings is 1. The first-order valence-electron chi connectivity index (χ1n) is 5.29. The number of hydrogen-bond donors (Lipinski definition) is 2. The van der Waals surface area contributed by atoms with Gasteiger partial charge in [0.15, 0.2) is 0 Å². The molecule has 1 heterocycles.